The van der Waals surface area contributed by atoms with Crippen LogP contribution in [0, 0.1) is 17.8 Å². The maximum absolute atomic E-state index is 13.4. The highest BCUT2D eigenvalue weighted by Gasteiger charge is 2.34. The number of nitrogens with zero attached hydrogens (tertiary/aromatic N) is 5. The molecule has 0 spiro atoms. The van der Waals surface area contributed by atoms with E-state index in [1.54, 1.807) is 30.3 Å². The molecule has 0 bridgehead atoms. The molecule has 3 heterocycles. The maximum Gasteiger partial charge on any atom is 0.259 e. The maximum atomic E-state index is 13.4. The molecule has 1 amide bonds. The van der Waals surface area contributed by atoms with Gasteiger partial charge in [0.2, 0.25) is 5.88 Å². The molecule has 0 radical (unpaired) electrons. The second-order valence-corrected chi connectivity index (χ2v) is 8.59. The Morgan fingerprint density at radius 1 is 1.30 bits per heavy atom. The highest BCUT2D eigenvalue weighted by Crippen LogP contribution is 2.27. The van der Waals surface area contributed by atoms with Gasteiger partial charge in [-0.25, -0.2) is 15.0 Å². The lowest BCUT2D eigenvalue weighted by atomic mass is 9.99. The molecule has 0 aromatic carbocycles. The molecule has 1 aliphatic rings. The largest absolute Gasteiger partial charge is 0.472 e. The highest BCUT2D eigenvalue weighted by molar-refractivity contribution is 5.97. The van der Waals surface area contributed by atoms with Crippen LogP contribution in [0.1, 0.15) is 42.3 Å². The van der Waals surface area contributed by atoms with Crippen LogP contribution >= 0.6 is 0 Å². The first kappa shape index (κ1) is 24.6. The van der Waals surface area contributed by atoms with Gasteiger partial charge in [0.25, 0.3) is 5.91 Å². The predicted molar refractivity (Wildman–Crippen MR) is 122 cm³/mol. The highest BCUT2D eigenvalue weighted by atomic mass is 16.5. The van der Waals surface area contributed by atoms with Crippen molar-refractivity contribution in [2.75, 3.05) is 26.7 Å². The Kier molecular flexibility index (Phi) is 8.33. The quantitative estimate of drug-likeness (QED) is 0.622. The molecule has 33 heavy (non-hydrogen) atoms. The summed E-state index contributed by atoms with van der Waals surface area (Å²) in [7, 11) is 1.99. The number of aliphatic hydroxyl groups is 2. The minimum atomic E-state index is -0.791. The second kappa shape index (κ2) is 11.2. The van der Waals surface area contributed by atoms with Crippen LogP contribution in [0.2, 0.25) is 0 Å². The van der Waals surface area contributed by atoms with Crippen molar-refractivity contribution in [3.8, 4) is 17.7 Å². The summed E-state index contributed by atoms with van der Waals surface area (Å²) in [4.78, 5) is 29.7. The molecule has 0 saturated heterocycles. The average Bonchev–Trinajstić information content (AvgIpc) is 2.80. The summed E-state index contributed by atoms with van der Waals surface area (Å²) in [5, 5.41) is 19.2. The molecule has 2 aromatic heterocycles. The molecular weight excluding hydrogens is 422 g/mol. The Balaban J connectivity index is 1.91. The second-order valence-electron chi connectivity index (χ2n) is 8.59. The number of amides is 1. The third kappa shape index (κ3) is 6.48. The Labute approximate surface area is 194 Å². The fraction of sp³-hybridized carbons (Fsp3) is 0.500. The first-order chi connectivity index (χ1) is 15.8. The fourth-order valence-electron chi connectivity index (χ4n) is 3.67. The molecule has 0 unspecified atom stereocenters. The smallest absolute Gasteiger partial charge is 0.259 e. The first-order valence-corrected chi connectivity index (χ1v) is 11.0. The van der Waals surface area contributed by atoms with Gasteiger partial charge in [-0.3, -0.25) is 9.69 Å². The SMILES string of the molecule is C[C@@H]1CN([C@@H](C)CO)C(=O)c2cc(C#C[C@@H](C)O)cnc2O[C@@H]1CN(C)Cc1cncnc1. The van der Waals surface area contributed by atoms with Gasteiger partial charge in [0, 0.05) is 55.3 Å². The van der Waals surface area contributed by atoms with Crippen molar-refractivity contribution in [2.45, 2.75) is 45.6 Å². The van der Waals surface area contributed by atoms with Crippen LogP contribution < -0.4 is 4.74 Å². The van der Waals surface area contributed by atoms with E-state index in [0.29, 0.717) is 30.8 Å². The van der Waals surface area contributed by atoms with E-state index < -0.39 is 6.10 Å². The molecule has 176 valence electrons. The number of pyridine rings is 1. The van der Waals surface area contributed by atoms with E-state index in [2.05, 4.69) is 31.7 Å². The van der Waals surface area contributed by atoms with Gasteiger partial charge < -0.3 is 19.8 Å². The van der Waals surface area contributed by atoms with E-state index in [1.807, 2.05) is 20.9 Å². The Morgan fingerprint density at radius 2 is 2.03 bits per heavy atom. The number of aliphatic hydroxyl groups excluding tert-OH is 2. The molecule has 2 N–H and O–H groups in total. The van der Waals surface area contributed by atoms with E-state index >= 15 is 0 Å². The van der Waals surface area contributed by atoms with Crippen molar-refractivity contribution in [3.63, 3.8) is 0 Å². The van der Waals surface area contributed by atoms with Crippen LogP contribution in [0.25, 0.3) is 0 Å². The van der Waals surface area contributed by atoms with Gasteiger partial charge in [-0.15, -0.1) is 0 Å². The Bertz CT molecular complexity index is 1000. The zero-order valence-electron chi connectivity index (χ0n) is 19.5. The number of hydrogen-bond donors (Lipinski definition) is 2. The Morgan fingerprint density at radius 3 is 2.70 bits per heavy atom. The van der Waals surface area contributed by atoms with Crippen molar-refractivity contribution in [1.82, 2.24) is 24.8 Å². The molecular formula is C24H31N5O4. The third-order valence-corrected chi connectivity index (χ3v) is 5.50. The van der Waals surface area contributed by atoms with Crippen molar-refractivity contribution >= 4 is 5.91 Å². The number of rotatable bonds is 6. The number of hydrogen-bond acceptors (Lipinski definition) is 8. The molecule has 9 nitrogen and oxygen atoms in total. The van der Waals surface area contributed by atoms with E-state index in [0.717, 1.165) is 5.56 Å². The van der Waals surface area contributed by atoms with E-state index in [1.165, 1.54) is 12.5 Å². The zero-order valence-corrected chi connectivity index (χ0v) is 19.5. The summed E-state index contributed by atoms with van der Waals surface area (Å²) in [6, 6.07) is 1.27. The number of ether oxygens (including phenoxy) is 1. The number of fused-ring (bicyclic) bond motifs is 1. The van der Waals surface area contributed by atoms with Crippen LogP contribution in [0.3, 0.4) is 0 Å². The van der Waals surface area contributed by atoms with Gasteiger partial charge >= 0.3 is 0 Å². The van der Waals surface area contributed by atoms with Gasteiger partial charge in [0.1, 0.15) is 24.1 Å². The lowest BCUT2D eigenvalue weighted by Crippen LogP contribution is -2.49. The van der Waals surface area contributed by atoms with Crippen LogP contribution in [0.15, 0.2) is 31.0 Å². The molecule has 9 heteroatoms. The number of carbonyl (C=O) groups excluding carboxylic acids is 1. The number of likely N-dealkylation sites (N-methyl/N-ethyl adjacent to an activating group) is 1. The van der Waals surface area contributed by atoms with Crippen molar-refractivity contribution < 1.29 is 19.7 Å². The van der Waals surface area contributed by atoms with Crippen LogP contribution in [0.5, 0.6) is 5.88 Å². The first-order valence-electron chi connectivity index (χ1n) is 11.0. The number of aromatic nitrogens is 3. The van der Waals surface area contributed by atoms with Crippen LogP contribution in [-0.4, -0.2) is 85.9 Å². The van der Waals surface area contributed by atoms with Gasteiger partial charge in [-0.1, -0.05) is 18.8 Å². The lowest BCUT2D eigenvalue weighted by molar-refractivity contribution is 0.0325. The lowest BCUT2D eigenvalue weighted by Gasteiger charge is -2.37. The summed E-state index contributed by atoms with van der Waals surface area (Å²) in [6.45, 7) is 6.93. The van der Waals surface area contributed by atoms with E-state index in [4.69, 9.17) is 4.74 Å². The Hall–Kier alpha value is -3.06. The standard InChI is InChI=1S/C24H31N5O4/c1-16-11-29(17(2)14-30)24(32)21-7-19(6-5-18(3)31)10-27-23(21)33-22(16)13-28(4)12-20-8-25-15-26-9-20/h7-10,15-18,22,30-31H,11-14H2,1-4H3/t16-,17+,18-,22-/m1/s1. The van der Waals surface area contributed by atoms with Crippen LogP contribution in [-0.2, 0) is 6.54 Å². The topological polar surface area (TPSA) is 112 Å². The van der Waals surface area contributed by atoms with Gasteiger partial charge in [-0.05, 0) is 27.0 Å². The summed E-state index contributed by atoms with van der Waals surface area (Å²) in [6.07, 6.45) is 5.56. The van der Waals surface area contributed by atoms with Crippen LogP contribution in [0.4, 0.5) is 0 Å². The molecule has 1 aliphatic heterocycles. The minimum absolute atomic E-state index is 0.0120. The van der Waals surface area contributed by atoms with E-state index in [-0.39, 0.29) is 36.5 Å². The third-order valence-electron chi connectivity index (χ3n) is 5.50. The summed E-state index contributed by atoms with van der Waals surface area (Å²) in [5.74, 6) is 5.46. The molecule has 0 saturated carbocycles. The van der Waals surface area contributed by atoms with Crippen molar-refractivity contribution in [2.24, 2.45) is 5.92 Å². The fourth-order valence-corrected chi connectivity index (χ4v) is 3.67. The van der Waals surface area contributed by atoms with Crippen molar-refractivity contribution in [1.29, 1.82) is 0 Å². The minimum Gasteiger partial charge on any atom is -0.472 e. The molecule has 4 atom stereocenters. The summed E-state index contributed by atoms with van der Waals surface area (Å²) < 4.78 is 6.28. The normalized spacial score (nSPS) is 20.1. The van der Waals surface area contributed by atoms with Crippen molar-refractivity contribution in [3.05, 3.63) is 47.7 Å². The van der Waals surface area contributed by atoms with E-state index in [9.17, 15) is 15.0 Å². The van der Waals surface area contributed by atoms with Gasteiger partial charge in [0.15, 0.2) is 0 Å². The number of carbonyl (C=O) groups is 1. The summed E-state index contributed by atoms with van der Waals surface area (Å²) >= 11 is 0. The van der Waals surface area contributed by atoms with Gasteiger partial charge in [0.05, 0.1) is 12.6 Å². The average molecular weight is 454 g/mol. The zero-order chi connectivity index (χ0) is 24.0. The van der Waals surface area contributed by atoms with Gasteiger partial charge in [-0.2, -0.15) is 0 Å². The molecule has 0 aliphatic carbocycles. The molecule has 3 rings (SSSR count). The summed E-state index contributed by atoms with van der Waals surface area (Å²) in [5.41, 5.74) is 1.79. The molecule has 2 aromatic rings. The monoisotopic (exact) mass is 453 g/mol. The molecule has 0 fully saturated rings. The predicted octanol–water partition coefficient (Wildman–Crippen LogP) is 0.956.